The molecule has 0 atom stereocenters. The Morgan fingerprint density at radius 3 is 1.80 bits per heavy atom. The highest BCUT2D eigenvalue weighted by Gasteiger charge is 2.31. The van der Waals surface area contributed by atoms with Gasteiger partial charge in [0.1, 0.15) is 4.46 Å². The van der Waals surface area contributed by atoms with Crippen LogP contribution >= 0.6 is 23.2 Å². The van der Waals surface area contributed by atoms with E-state index in [-0.39, 0.29) is 4.46 Å². The largest absolute Gasteiger partial charge is 0.454 e. The van der Waals surface area contributed by atoms with Gasteiger partial charge in [-0.1, -0.05) is 0 Å². The molecule has 0 aromatic heterocycles. The van der Waals surface area contributed by atoms with Crippen molar-refractivity contribution in [2.45, 2.75) is 30.6 Å². The van der Waals surface area contributed by atoms with Crippen LogP contribution in [0.4, 0.5) is 0 Å². The van der Waals surface area contributed by atoms with Crippen LogP contribution in [0.15, 0.2) is 0 Å². The second-order valence-electron chi connectivity index (χ2n) is 2.91. The maximum absolute atomic E-state index is 5.73. The van der Waals surface area contributed by atoms with E-state index in [2.05, 4.69) is 13.1 Å². The average molecular weight is 216 g/mol. The SMILES string of the molecule is C[Si](C)O[Si](C)(C)C(Cl)Cl. The summed E-state index contributed by atoms with van der Waals surface area (Å²) in [6, 6.07) is 0. The lowest BCUT2D eigenvalue weighted by Crippen LogP contribution is -2.42. The van der Waals surface area contributed by atoms with Crippen molar-refractivity contribution in [3.63, 3.8) is 0 Å². The van der Waals surface area contributed by atoms with Crippen molar-refractivity contribution in [3.8, 4) is 0 Å². The Kier molecular flexibility index (Phi) is 4.51. The quantitative estimate of drug-likeness (QED) is 0.520. The molecule has 0 aliphatic rings. The fourth-order valence-electron chi connectivity index (χ4n) is 0.571. The Bertz CT molecular complexity index is 106. The first-order valence-corrected chi connectivity index (χ1v) is 9.40. The van der Waals surface area contributed by atoms with Crippen molar-refractivity contribution >= 4 is 40.6 Å². The first-order valence-electron chi connectivity index (χ1n) is 3.13. The zero-order valence-corrected chi connectivity index (χ0v) is 10.3. The van der Waals surface area contributed by atoms with Crippen LogP contribution in [-0.4, -0.2) is 21.8 Å². The minimum absolute atomic E-state index is 0.313. The van der Waals surface area contributed by atoms with Gasteiger partial charge >= 0.3 is 0 Å². The molecule has 0 fully saturated rings. The van der Waals surface area contributed by atoms with Gasteiger partial charge in [-0.15, -0.1) is 23.2 Å². The highest BCUT2D eigenvalue weighted by atomic mass is 35.5. The third kappa shape index (κ3) is 3.98. The molecule has 0 N–H and O–H groups in total. The molecule has 0 heterocycles. The smallest absolute Gasteiger partial charge is 0.207 e. The molecule has 0 aliphatic carbocycles. The lowest BCUT2D eigenvalue weighted by molar-refractivity contribution is 0.577. The Morgan fingerprint density at radius 2 is 1.70 bits per heavy atom. The highest BCUT2D eigenvalue weighted by Crippen LogP contribution is 2.20. The molecular formula is C5H13Cl2OSi2. The summed E-state index contributed by atoms with van der Waals surface area (Å²) in [7, 11) is -2.41. The van der Waals surface area contributed by atoms with Gasteiger partial charge < -0.3 is 4.12 Å². The molecule has 1 radical (unpaired) electrons. The zero-order chi connectivity index (χ0) is 8.36. The van der Waals surface area contributed by atoms with Gasteiger partial charge in [0.2, 0.25) is 8.32 Å². The van der Waals surface area contributed by atoms with Gasteiger partial charge in [0, 0.05) is 0 Å². The van der Waals surface area contributed by atoms with E-state index in [0.29, 0.717) is 0 Å². The molecule has 5 heteroatoms. The zero-order valence-electron chi connectivity index (χ0n) is 6.74. The molecule has 0 saturated carbocycles. The highest BCUT2D eigenvalue weighted by molar-refractivity contribution is 6.91. The van der Waals surface area contributed by atoms with E-state index in [0.717, 1.165) is 0 Å². The summed E-state index contributed by atoms with van der Waals surface area (Å²) in [5, 5.41) is 0. The van der Waals surface area contributed by atoms with E-state index in [1.165, 1.54) is 0 Å². The van der Waals surface area contributed by atoms with E-state index in [1.54, 1.807) is 0 Å². The molecule has 1 nitrogen and oxygen atoms in total. The number of rotatable bonds is 3. The molecule has 0 aromatic carbocycles. The number of hydrogen-bond donors (Lipinski definition) is 0. The van der Waals surface area contributed by atoms with Crippen molar-refractivity contribution in [3.05, 3.63) is 0 Å². The molecule has 0 aromatic rings. The lowest BCUT2D eigenvalue weighted by Gasteiger charge is -2.25. The maximum Gasteiger partial charge on any atom is 0.207 e. The van der Waals surface area contributed by atoms with Crippen LogP contribution in [0.5, 0.6) is 0 Å². The van der Waals surface area contributed by atoms with Gasteiger partial charge in [0.25, 0.3) is 0 Å². The molecule has 61 valence electrons. The molecule has 0 spiro atoms. The van der Waals surface area contributed by atoms with E-state index in [4.69, 9.17) is 27.3 Å². The van der Waals surface area contributed by atoms with Crippen LogP contribution in [0.25, 0.3) is 0 Å². The molecule has 0 rings (SSSR count). The molecule has 0 bridgehead atoms. The second-order valence-corrected chi connectivity index (χ2v) is 11.2. The molecule has 0 unspecified atom stereocenters. The van der Waals surface area contributed by atoms with Gasteiger partial charge in [-0.05, 0) is 26.2 Å². The van der Waals surface area contributed by atoms with Gasteiger partial charge in [0.05, 0.1) is 0 Å². The van der Waals surface area contributed by atoms with Crippen molar-refractivity contribution in [2.75, 3.05) is 0 Å². The summed E-state index contributed by atoms with van der Waals surface area (Å²) in [5.41, 5.74) is 0. The average Bonchev–Trinajstić information content (AvgIpc) is 1.60. The summed E-state index contributed by atoms with van der Waals surface area (Å²) < 4.78 is 5.36. The number of alkyl halides is 2. The van der Waals surface area contributed by atoms with Gasteiger partial charge in [0.15, 0.2) is 9.04 Å². The van der Waals surface area contributed by atoms with Crippen LogP contribution in [0.2, 0.25) is 26.2 Å². The van der Waals surface area contributed by atoms with Crippen molar-refractivity contribution in [2.24, 2.45) is 0 Å². The summed E-state index contributed by atoms with van der Waals surface area (Å²) in [4.78, 5) is 0. The lowest BCUT2D eigenvalue weighted by atomic mass is 11.8. The third-order valence-corrected chi connectivity index (χ3v) is 8.93. The number of hydrogen-bond acceptors (Lipinski definition) is 1. The Hall–Kier alpha value is 0.974. The van der Waals surface area contributed by atoms with Gasteiger partial charge in [-0.2, -0.15) is 0 Å². The summed E-state index contributed by atoms with van der Waals surface area (Å²) in [6.45, 7) is 8.26. The predicted molar refractivity (Wildman–Crippen MR) is 51.5 cm³/mol. The first kappa shape index (κ1) is 11.0. The van der Waals surface area contributed by atoms with E-state index in [1.807, 2.05) is 13.1 Å². The topological polar surface area (TPSA) is 9.23 Å². The van der Waals surface area contributed by atoms with E-state index < -0.39 is 17.4 Å². The van der Waals surface area contributed by atoms with Crippen molar-refractivity contribution in [1.29, 1.82) is 0 Å². The standard InChI is InChI=1S/C5H13Cl2OSi2/c1-9(2)8-10(3,4)5(6)7/h5H,1-4H3. The van der Waals surface area contributed by atoms with Crippen LogP contribution < -0.4 is 0 Å². The van der Waals surface area contributed by atoms with Gasteiger partial charge in [-0.25, -0.2) is 0 Å². The van der Waals surface area contributed by atoms with Crippen LogP contribution in [0.3, 0.4) is 0 Å². The normalized spacial score (nSPS) is 13.2. The van der Waals surface area contributed by atoms with E-state index >= 15 is 0 Å². The summed E-state index contributed by atoms with van der Waals surface area (Å²) in [5.74, 6) is 0. The Morgan fingerprint density at radius 1 is 1.30 bits per heavy atom. The first-order chi connectivity index (χ1) is 4.36. The van der Waals surface area contributed by atoms with Crippen molar-refractivity contribution < 1.29 is 4.12 Å². The van der Waals surface area contributed by atoms with Crippen LogP contribution in [0, 0.1) is 0 Å². The Balaban J connectivity index is 3.87. The molecular weight excluding hydrogens is 203 g/mol. The van der Waals surface area contributed by atoms with Gasteiger partial charge in [-0.3, -0.25) is 0 Å². The van der Waals surface area contributed by atoms with E-state index in [9.17, 15) is 0 Å². The minimum Gasteiger partial charge on any atom is -0.454 e. The molecule has 0 aliphatic heterocycles. The summed E-state index contributed by atoms with van der Waals surface area (Å²) >= 11 is 11.5. The summed E-state index contributed by atoms with van der Waals surface area (Å²) in [6.07, 6.45) is 0. The second kappa shape index (κ2) is 4.11. The number of halogens is 2. The molecule has 0 saturated heterocycles. The third-order valence-electron chi connectivity index (χ3n) is 0.993. The van der Waals surface area contributed by atoms with Crippen molar-refractivity contribution in [1.82, 2.24) is 0 Å². The minimum atomic E-state index is -1.77. The predicted octanol–water partition coefficient (Wildman–Crippen LogP) is 2.80. The van der Waals surface area contributed by atoms with Crippen LogP contribution in [-0.2, 0) is 4.12 Å². The maximum atomic E-state index is 5.73. The molecule has 0 amide bonds. The monoisotopic (exact) mass is 215 g/mol. The van der Waals surface area contributed by atoms with Crippen LogP contribution in [0.1, 0.15) is 0 Å². The molecule has 10 heavy (non-hydrogen) atoms. The fourth-order valence-corrected chi connectivity index (χ4v) is 5.94. The fraction of sp³-hybridized carbons (Fsp3) is 1.00. The Labute approximate surface area is 75.5 Å².